The molecule has 2 unspecified atom stereocenters. The van der Waals surface area contributed by atoms with Crippen molar-refractivity contribution >= 4 is 5.82 Å². The molecule has 1 aliphatic rings. The Hall–Kier alpha value is -2.49. The second kappa shape index (κ2) is 8.06. The number of hydrogen-bond acceptors (Lipinski definition) is 5. The Balaban J connectivity index is 1.49. The number of nitrogens with zero attached hydrogens (tertiary/aromatic N) is 3. The molecule has 130 valence electrons. The average Bonchev–Trinajstić information content (AvgIpc) is 3.07. The highest BCUT2D eigenvalue weighted by Crippen LogP contribution is 2.22. The minimum absolute atomic E-state index is 0.330. The highest BCUT2D eigenvalue weighted by atomic mass is 19.1. The number of β-amino-alcohol motifs (C(OH)–C–C–N with tert-alkyl or cyclic N) is 1. The number of aromatic nitrogens is 1. The van der Waals surface area contributed by atoms with Crippen LogP contribution in [0.1, 0.15) is 23.7 Å². The summed E-state index contributed by atoms with van der Waals surface area (Å²) in [6.45, 7) is 2.98. The molecule has 0 amide bonds. The van der Waals surface area contributed by atoms with E-state index in [9.17, 15) is 9.50 Å². The number of anilines is 1. The maximum atomic E-state index is 13.3. The summed E-state index contributed by atoms with van der Waals surface area (Å²) in [5.41, 5.74) is 1.15. The van der Waals surface area contributed by atoms with Crippen LogP contribution in [0.15, 0.2) is 42.6 Å². The van der Waals surface area contributed by atoms with Crippen molar-refractivity contribution in [1.29, 1.82) is 5.26 Å². The highest BCUT2D eigenvalue weighted by molar-refractivity contribution is 5.51. The Bertz CT molecular complexity index is 761. The number of pyridine rings is 1. The monoisotopic (exact) mass is 340 g/mol. The molecule has 3 rings (SSSR count). The Labute approximate surface area is 146 Å². The van der Waals surface area contributed by atoms with Crippen LogP contribution in [0.25, 0.3) is 0 Å². The molecule has 1 saturated heterocycles. The number of nitriles is 1. The van der Waals surface area contributed by atoms with Gasteiger partial charge in [0.15, 0.2) is 0 Å². The molecule has 1 fully saturated rings. The van der Waals surface area contributed by atoms with Gasteiger partial charge in [0.25, 0.3) is 0 Å². The van der Waals surface area contributed by atoms with Gasteiger partial charge in [-0.2, -0.15) is 5.26 Å². The number of nitrogens with one attached hydrogen (secondary N) is 1. The van der Waals surface area contributed by atoms with E-state index >= 15 is 0 Å². The average molecular weight is 340 g/mol. The van der Waals surface area contributed by atoms with Crippen LogP contribution in [0, 0.1) is 23.1 Å². The minimum atomic E-state index is -0.691. The highest BCUT2D eigenvalue weighted by Gasteiger charge is 2.24. The first-order valence-corrected chi connectivity index (χ1v) is 8.40. The SMILES string of the molecule is N#Cc1cccnc1NCC1CCN(CC(O)c2cccc(F)c2)C1. The minimum Gasteiger partial charge on any atom is -0.387 e. The first kappa shape index (κ1) is 17.3. The second-order valence-corrected chi connectivity index (χ2v) is 6.38. The normalized spacial score (nSPS) is 18.7. The van der Waals surface area contributed by atoms with Gasteiger partial charge in [0.1, 0.15) is 17.7 Å². The molecule has 2 heterocycles. The molecule has 2 atom stereocenters. The summed E-state index contributed by atoms with van der Waals surface area (Å²) in [7, 11) is 0. The number of halogens is 1. The van der Waals surface area contributed by atoms with Crippen LogP contribution >= 0.6 is 0 Å². The van der Waals surface area contributed by atoms with E-state index in [4.69, 9.17) is 5.26 Å². The van der Waals surface area contributed by atoms with E-state index < -0.39 is 6.10 Å². The van der Waals surface area contributed by atoms with Gasteiger partial charge in [0.2, 0.25) is 0 Å². The van der Waals surface area contributed by atoms with E-state index in [2.05, 4.69) is 21.3 Å². The molecule has 0 spiro atoms. The summed E-state index contributed by atoms with van der Waals surface area (Å²) in [4.78, 5) is 6.39. The van der Waals surface area contributed by atoms with Crippen molar-refractivity contribution < 1.29 is 9.50 Å². The third-order valence-electron chi connectivity index (χ3n) is 4.52. The van der Waals surface area contributed by atoms with Gasteiger partial charge in [-0.05, 0) is 48.7 Å². The maximum absolute atomic E-state index is 13.3. The van der Waals surface area contributed by atoms with Gasteiger partial charge < -0.3 is 15.3 Å². The quantitative estimate of drug-likeness (QED) is 0.846. The number of hydrogen-bond donors (Lipinski definition) is 2. The molecule has 25 heavy (non-hydrogen) atoms. The smallest absolute Gasteiger partial charge is 0.143 e. The van der Waals surface area contributed by atoms with Gasteiger partial charge in [-0.1, -0.05) is 12.1 Å². The Morgan fingerprint density at radius 3 is 3.08 bits per heavy atom. The lowest BCUT2D eigenvalue weighted by Gasteiger charge is -2.20. The zero-order chi connectivity index (χ0) is 17.6. The number of rotatable bonds is 6. The predicted molar refractivity (Wildman–Crippen MR) is 93.3 cm³/mol. The van der Waals surface area contributed by atoms with Crippen molar-refractivity contribution in [1.82, 2.24) is 9.88 Å². The van der Waals surface area contributed by atoms with Gasteiger partial charge in [-0.15, -0.1) is 0 Å². The number of aliphatic hydroxyl groups is 1. The lowest BCUT2D eigenvalue weighted by molar-refractivity contribution is 0.124. The van der Waals surface area contributed by atoms with E-state index in [1.165, 1.54) is 12.1 Å². The standard InChI is InChI=1S/C19H21FN4O/c20-17-5-1-3-15(9-17)18(25)13-24-8-6-14(12-24)11-23-19-16(10-21)4-2-7-22-19/h1-5,7,9,14,18,25H,6,8,11-13H2,(H,22,23). The molecule has 6 heteroatoms. The topological polar surface area (TPSA) is 72.2 Å². The van der Waals surface area contributed by atoms with Gasteiger partial charge in [0, 0.05) is 25.8 Å². The van der Waals surface area contributed by atoms with Crippen molar-refractivity contribution in [2.45, 2.75) is 12.5 Å². The molecular formula is C19H21FN4O. The number of benzene rings is 1. The summed E-state index contributed by atoms with van der Waals surface area (Å²) < 4.78 is 13.3. The van der Waals surface area contributed by atoms with Gasteiger partial charge in [-0.25, -0.2) is 9.37 Å². The molecule has 0 aliphatic carbocycles. The van der Waals surface area contributed by atoms with Crippen molar-refractivity contribution in [3.8, 4) is 6.07 Å². The van der Waals surface area contributed by atoms with E-state index in [0.717, 1.165) is 26.1 Å². The third-order valence-corrected chi connectivity index (χ3v) is 4.52. The molecular weight excluding hydrogens is 319 g/mol. The lowest BCUT2D eigenvalue weighted by Crippen LogP contribution is -2.28. The summed E-state index contributed by atoms with van der Waals surface area (Å²) in [5, 5.41) is 22.6. The first-order valence-electron chi connectivity index (χ1n) is 8.40. The molecule has 1 aromatic carbocycles. The van der Waals surface area contributed by atoms with Gasteiger partial charge in [-0.3, -0.25) is 0 Å². The van der Waals surface area contributed by atoms with E-state index in [1.807, 2.05) is 0 Å². The van der Waals surface area contributed by atoms with Gasteiger partial charge >= 0.3 is 0 Å². The fourth-order valence-electron chi connectivity index (χ4n) is 3.19. The maximum Gasteiger partial charge on any atom is 0.143 e. The van der Waals surface area contributed by atoms with Crippen LogP contribution in [0.4, 0.5) is 10.2 Å². The van der Waals surface area contributed by atoms with Crippen LogP contribution < -0.4 is 5.32 Å². The Kier molecular flexibility index (Phi) is 5.59. The zero-order valence-electron chi connectivity index (χ0n) is 13.9. The molecule has 0 bridgehead atoms. The van der Waals surface area contributed by atoms with E-state index in [1.54, 1.807) is 30.5 Å². The Morgan fingerprint density at radius 2 is 2.28 bits per heavy atom. The van der Waals surface area contributed by atoms with E-state index in [0.29, 0.717) is 29.4 Å². The predicted octanol–water partition coefficient (Wildman–Crippen LogP) is 2.56. The number of aliphatic hydroxyl groups excluding tert-OH is 1. The summed E-state index contributed by atoms with van der Waals surface area (Å²) in [6, 6.07) is 11.7. The molecule has 1 aromatic heterocycles. The van der Waals surface area contributed by atoms with Crippen molar-refractivity contribution in [2.24, 2.45) is 5.92 Å². The third kappa shape index (κ3) is 4.53. The van der Waals surface area contributed by atoms with Crippen LogP contribution in [0.2, 0.25) is 0 Å². The van der Waals surface area contributed by atoms with Gasteiger partial charge in [0.05, 0.1) is 11.7 Å². The summed E-state index contributed by atoms with van der Waals surface area (Å²) in [6.07, 6.45) is 1.99. The summed E-state index contributed by atoms with van der Waals surface area (Å²) >= 11 is 0. The van der Waals surface area contributed by atoms with Crippen LogP contribution in [-0.2, 0) is 0 Å². The lowest BCUT2D eigenvalue weighted by atomic mass is 10.1. The fourth-order valence-corrected chi connectivity index (χ4v) is 3.19. The number of likely N-dealkylation sites (tertiary alicyclic amines) is 1. The van der Waals surface area contributed by atoms with Crippen LogP contribution in [-0.4, -0.2) is 41.2 Å². The summed E-state index contributed by atoms with van der Waals surface area (Å²) in [5.74, 6) is 0.709. The Morgan fingerprint density at radius 1 is 1.40 bits per heavy atom. The van der Waals surface area contributed by atoms with Crippen molar-refractivity contribution in [3.05, 3.63) is 59.5 Å². The largest absolute Gasteiger partial charge is 0.387 e. The van der Waals surface area contributed by atoms with Crippen molar-refractivity contribution in [2.75, 3.05) is 31.5 Å². The van der Waals surface area contributed by atoms with E-state index in [-0.39, 0.29) is 5.82 Å². The fraction of sp³-hybridized carbons (Fsp3) is 0.368. The molecule has 5 nitrogen and oxygen atoms in total. The molecule has 1 aliphatic heterocycles. The van der Waals surface area contributed by atoms with Crippen LogP contribution in [0.3, 0.4) is 0 Å². The molecule has 0 radical (unpaired) electrons. The first-order chi connectivity index (χ1) is 12.2. The van der Waals surface area contributed by atoms with Crippen LogP contribution in [0.5, 0.6) is 0 Å². The van der Waals surface area contributed by atoms with Crippen molar-refractivity contribution in [3.63, 3.8) is 0 Å². The molecule has 2 aromatic rings. The second-order valence-electron chi connectivity index (χ2n) is 6.38. The zero-order valence-corrected chi connectivity index (χ0v) is 13.9. The molecule has 2 N–H and O–H groups in total. The molecule has 0 saturated carbocycles.